The van der Waals surface area contributed by atoms with Crippen LogP contribution in [0.2, 0.25) is 0 Å². The summed E-state index contributed by atoms with van der Waals surface area (Å²) in [4.78, 5) is 0. The Morgan fingerprint density at radius 3 is 2.18 bits per heavy atom. The van der Waals surface area contributed by atoms with Gasteiger partial charge in [-0.3, -0.25) is 4.74 Å². The monoisotopic (exact) mass is 240 g/mol. The first-order valence-electron chi connectivity index (χ1n) is 6.44. The number of rotatable bonds is 0. The Balaban J connectivity index is 2.54. The van der Waals surface area contributed by atoms with Crippen LogP contribution in [0.5, 0.6) is 0 Å². The van der Waals surface area contributed by atoms with Crippen LogP contribution in [0.1, 0.15) is 60.3 Å². The number of hydrogen-bond acceptors (Lipinski definition) is 3. The third kappa shape index (κ3) is 1.73. The zero-order valence-corrected chi connectivity index (χ0v) is 11.6. The number of piperidine rings is 1. The molecule has 1 unspecified atom stereocenters. The van der Waals surface area contributed by atoms with Crippen molar-refractivity contribution in [2.24, 2.45) is 5.41 Å². The van der Waals surface area contributed by atoms with Crippen molar-refractivity contribution in [3.8, 4) is 0 Å². The summed E-state index contributed by atoms with van der Waals surface area (Å²) in [5, 5.41) is 24.0. The minimum atomic E-state index is -0.413. The lowest BCUT2D eigenvalue weighted by Gasteiger charge is -2.50. The fourth-order valence-electron chi connectivity index (χ4n) is 2.88. The summed E-state index contributed by atoms with van der Waals surface area (Å²) < 4.78 is 1.04. The molecule has 1 N–H and O–H groups in total. The second-order valence-electron chi connectivity index (χ2n) is 7.12. The SMILES string of the molecule is CC12CCC(C)(C)N(O)C1=[N+]([O-])C(C)(C)CC2. The van der Waals surface area contributed by atoms with Crippen molar-refractivity contribution in [2.45, 2.75) is 71.4 Å². The van der Waals surface area contributed by atoms with Gasteiger partial charge in [-0.25, -0.2) is 5.21 Å². The van der Waals surface area contributed by atoms with E-state index in [1.54, 1.807) is 0 Å². The molecule has 0 aromatic rings. The molecule has 2 aliphatic heterocycles. The summed E-state index contributed by atoms with van der Waals surface area (Å²) in [5.41, 5.74) is -0.921. The molecule has 1 atom stereocenters. The molecule has 0 aromatic heterocycles. The first-order valence-corrected chi connectivity index (χ1v) is 6.44. The van der Waals surface area contributed by atoms with Gasteiger partial charge in [0.15, 0.2) is 0 Å². The Morgan fingerprint density at radius 2 is 1.59 bits per heavy atom. The highest BCUT2D eigenvalue weighted by Gasteiger charge is 2.55. The van der Waals surface area contributed by atoms with Gasteiger partial charge in [0, 0.05) is 0 Å². The maximum Gasteiger partial charge on any atom is 0.286 e. The van der Waals surface area contributed by atoms with Crippen molar-refractivity contribution in [3.05, 3.63) is 5.21 Å². The first-order chi connectivity index (χ1) is 7.60. The molecule has 2 rings (SSSR count). The third-order valence-electron chi connectivity index (χ3n) is 4.63. The van der Waals surface area contributed by atoms with E-state index < -0.39 is 5.54 Å². The van der Waals surface area contributed by atoms with Gasteiger partial charge in [0.1, 0.15) is 11.1 Å². The standard InChI is InChI=1S/C13H24N2O2/c1-11(2)6-8-13(5)9-7-12(3,4)15(17)10(13)14(11)16/h16H,6-9H2,1-5H3. The van der Waals surface area contributed by atoms with Gasteiger partial charge in [0.05, 0.1) is 5.41 Å². The second-order valence-corrected chi connectivity index (χ2v) is 7.12. The normalized spacial score (nSPS) is 35.8. The Kier molecular flexibility index (Phi) is 2.52. The molecular formula is C13H24N2O2. The van der Waals surface area contributed by atoms with Crippen molar-refractivity contribution >= 4 is 5.84 Å². The molecule has 4 nitrogen and oxygen atoms in total. The summed E-state index contributed by atoms with van der Waals surface area (Å²) in [7, 11) is 0. The Bertz CT molecular complexity index is 374. The number of nitrogens with zero attached hydrogens (tertiary/aromatic N) is 2. The van der Waals surface area contributed by atoms with Crippen LogP contribution in [0.3, 0.4) is 0 Å². The topological polar surface area (TPSA) is 49.5 Å². The summed E-state index contributed by atoms with van der Waals surface area (Å²) >= 11 is 0. The molecule has 1 saturated heterocycles. The second kappa shape index (κ2) is 3.37. The summed E-state index contributed by atoms with van der Waals surface area (Å²) in [6, 6.07) is 0. The lowest BCUT2D eigenvalue weighted by molar-refractivity contribution is -0.562. The molecule has 2 aliphatic rings. The summed E-state index contributed by atoms with van der Waals surface area (Å²) in [6.07, 6.45) is 3.74. The van der Waals surface area contributed by atoms with Gasteiger partial charge >= 0.3 is 0 Å². The Labute approximate surface area is 103 Å². The number of hydroxylamine groups is 3. The van der Waals surface area contributed by atoms with Gasteiger partial charge < -0.3 is 5.21 Å². The van der Waals surface area contributed by atoms with E-state index in [-0.39, 0.29) is 11.0 Å². The van der Waals surface area contributed by atoms with E-state index >= 15 is 0 Å². The summed E-state index contributed by atoms with van der Waals surface area (Å²) in [6.45, 7) is 9.95. The van der Waals surface area contributed by atoms with Crippen LogP contribution in [-0.4, -0.2) is 31.9 Å². The van der Waals surface area contributed by atoms with Crippen LogP contribution in [-0.2, 0) is 0 Å². The number of hydrogen-bond donors (Lipinski definition) is 1. The van der Waals surface area contributed by atoms with Gasteiger partial charge in [0.25, 0.3) is 5.84 Å². The van der Waals surface area contributed by atoms with Gasteiger partial charge in [-0.05, 0) is 60.3 Å². The molecular weight excluding hydrogens is 216 g/mol. The van der Waals surface area contributed by atoms with Crippen molar-refractivity contribution < 1.29 is 9.95 Å². The van der Waals surface area contributed by atoms with E-state index in [1.165, 1.54) is 5.06 Å². The highest BCUT2D eigenvalue weighted by atomic mass is 16.5. The highest BCUT2D eigenvalue weighted by molar-refractivity contribution is 5.84. The molecule has 0 amide bonds. The average Bonchev–Trinajstić information content (AvgIpc) is 2.21. The maximum atomic E-state index is 12.5. The third-order valence-corrected chi connectivity index (χ3v) is 4.63. The van der Waals surface area contributed by atoms with Crippen molar-refractivity contribution in [1.82, 2.24) is 5.06 Å². The van der Waals surface area contributed by atoms with Gasteiger partial charge in [-0.1, -0.05) is 0 Å². The number of fused-ring (bicyclic) bond motifs is 1. The Morgan fingerprint density at radius 1 is 1.06 bits per heavy atom. The van der Waals surface area contributed by atoms with Crippen LogP contribution in [0.15, 0.2) is 0 Å². The van der Waals surface area contributed by atoms with Crippen LogP contribution in [0.25, 0.3) is 0 Å². The molecule has 98 valence electrons. The summed E-state index contributed by atoms with van der Waals surface area (Å²) in [5.74, 6) is 0.560. The first kappa shape index (κ1) is 12.7. The average molecular weight is 240 g/mol. The quantitative estimate of drug-likeness (QED) is 0.523. The fraction of sp³-hybridized carbons (Fsp3) is 0.923. The van der Waals surface area contributed by atoms with E-state index in [0.717, 1.165) is 30.4 Å². The van der Waals surface area contributed by atoms with E-state index in [0.29, 0.717) is 5.84 Å². The Hall–Kier alpha value is -0.770. The fourth-order valence-corrected chi connectivity index (χ4v) is 2.88. The van der Waals surface area contributed by atoms with E-state index in [2.05, 4.69) is 6.92 Å². The molecule has 0 saturated carbocycles. The zero-order chi connectivity index (χ0) is 13.1. The molecule has 1 fully saturated rings. The minimum absolute atomic E-state index is 0.165. The van der Waals surface area contributed by atoms with E-state index in [1.807, 2.05) is 27.7 Å². The maximum absolute atomic E-state index is 12.5. The zero-order valence-electron chi connectivity index (χ0n) is 11.6. The molecule has 2 heterocycles. The largest absolute Gasteiger partial charge is 0.715 e. The van der Waals surface area contributed by atoms with Crippen molar-refractivity contribution in [3.63, 3.8) is 0 Å². The molecule has 0 spiro atoms. The predicted octanol–water partition coefficient (Wildman–Crippen LogP) is 2.74. The molecule has 0 radical (unpaired) electrons. The lowest BCUT2D eigenvalue weighted by atomic mass is 9.69. The molecule has 0 aliphatic carbocycles. The van der Waals surface area contributed by atoms with Crippen molar-refractivity contribution in [1.29, 1.82) is 0 Å². The van der Waals surface area contributed by atoms with E-state index in [9.17, 15) is 10.4 Å². The highest BCUT2D eigenvalue weighted by Crippen LogP contribution is 2.46. The van der Waals surface area contributed by atoms with Gasteiger partial charge in [-0.15, -0.1) is 5.06 Å². The van der Waals surface area contributed by atoms with Crippen LogP contribution in [0.4, 0.5) is 0 Å². The number of amidine groups is 1. The predicted molar refractivity (Wildman–Crippen MR) is 67.0 cm³/mol. The molecule has 17 heavy (non-hydrogen) atoms. The van der Waals surface area contributed by atoms with Crippen molar-refractivity contribution in [2.75, 3.05) is 0 Å². The van der Waals surface area contributed by atoms with Crippen LogP contribution >= 0.6 is 0 Å². The van der Waals surface area contributed by atoms with Gasteiger partial charge in [-0.2, -0.15) is 0 Å². The minimum Gasteiger partial charge on any atom is -0.715 e. The van der Waals surface area contributed by atoms with Crippen LogP contribution in [0, 0.1) is 10.6 Å². The smallest absolute Gasteiger partial charge is 0.286 e. The molecule has 4 heteroatoms. The van der Waals surface area contributed by atoms with Gasteiger partial charge in [0.2, 0.25) is 0 Å². The van der Waals surface area contributed by atoms with E-state index in [4.69, 9.17) is 0 Å². The lowest BCUT2D eigenvalue weighted by Crippen LogP contribution is -2.63. The van der Waals surface area contributed by atoms with Crippen LogP contribution < -0.4 is 0 Å². The molecule has 0 bridgehead atoms. The molecule has 0 aromatic carbocycles.